The summed E-state index contributed by atoms with van der Waals surface area (Å²) < 4.78 is 58.8. The van der Waals surface area contributed by atoms with E-state index in [-0.39, 0.29) is 12.8 Å². The Morgan fingerprint density at radius 1 is 1.35 bits per heavy atom. The molecule has 2 rings (SSSR count). The number of halogens is 3. The van der Waals surface area contributed by atoms with E-state index in [0.29, 0.717) is 12.8 Å². The normalized spacial score (nSPS) is 24.8. The van der Waals surface area contributed by atoms with Crippen molar-refractivity contribution in [3.8, 4) is 12.3 Å². The highest BCUT2D eigenvalue weighted by Gasteiger charge is 2.65. The number of ether oxygens (including phenoxy) is 3. The molecule has 4 atom stereocenters. The van der Waals surface area contributed by atoms with E-state index in [2.05, 4.69) is 5.92 Å². The lowest BCUT2D eigenvalue weighted by Crippen LogP contribution is -2.54. The summed E-state index contributed by atoms with van der Waals surface area (Å²) in [7, 11) is 0.816. The van der Waals surface area contributed by atoms with E-state index < -0.39 is 46.7 Å². The minimum Gasteiger partial charge on any atom is -0.457 e. The average molecular weight is 442 g/mol. The highest BCUT2D eigenvalue weighted by molar-refractivity contribution is 5.83. The molecule has 1 aliphatic rings. The van der Waals surface area contributed by atoms with Crippen molar-refractivity contribution >= 4 is 5.97 Å². The van der Waals surface area contributed by atoms with Crippen molar-refractivity contribution in [2.24, 2.45) is 0 Å². The Hall–Kier alpha value is -2.08. The Morgan fingerprint density at radius 3 is 2.42 bits per heavy atom. The third-order valence-electron chi connectivity index (χ3n) is 5.76. The molecule has 1 aliphatic heterocycles. The minimum absolute atomic E-state index is 0.101. The largest absolute Gasteiger partial charge is 0.457 e. The minimum atomic E-state index is -5.08. The fourth-order valence-corrected chi connectivity index (χ4v) is 3.90. The van der Waals surface area contributed by atoms with Gasteiger partial charge in [0.15, 0.2) is 0 Å². The Balaban J connectivity index is 2.41. The number of hydrogen-bond acceptors (Lipinski definition) is 5. The highest BCUT2D eigenvalue weighted by Crippen LogP contribution is 2.45. The summed E-state index contributed by atoms with van der Waals surface area (Å²) in [5.74, 6) is 0.828. The van der Waals surface area contributed by atoms with Crippen LogP contribution in [-0.4, -0.2) is 47.8 Å². The van der Waals surface area contributed by atoms with Crippen molar-refractivity contribution in [1.82, 2.24) is 0 Å². The van der Waals surface area contributed by atoms with Crippen LogP contribution >= 0.6 is 0 Å². The lowest BCUT2D eigenvalue weighted by molar-refractivity contribution is -0.282. The smallest absolute Gasteiger partial charge is 0.432 e. The van der Waals surface area contributed by atoms with Gasteiger partial charge < -0.3 is 19.3 Å². The molecule has 0 unspecified atom stereocenters. The molecule has 1 aromatic rings. The van der Waals surface area contributed by atoms with Crippen LogP contribution in [0.5, 0.6) is 0 Å². The van der Waals surface area contributed by atoms with Crippen LogP contribution < -0.4 is 0 Å². The Morgan fingerprint density at radius 2 is 1.97 bits per heavy atom. The lowest BCUT2D eigenvalue weighted by Gasteiger charge is -2.38. The number of aliphatic hydroxyl groups is 1. The number of benzene rings is 1. The van der Waals surface area contributed by atoms with Crippen LogP contribution in [0.3, 0.4) is 0 Å². The topological polar surface area (TPSA) is 65.0 Å². The SMILES string of the molecule is C#CCC[C@@H](OC(=O)[C@](OC)(c1ccccc1)C(F)(F)F)[C@]1(C)CC[C@H](C(C)(C)O)O1. The van der Waals surface area contributed by atoms with Gasteiger partial charge >= 0.3 is 12.1 Å². The molecule has 1 aromatic carbocycles. The average Bonchev–Trinajstić information content (AvgIpc) is 3.09. The van der Waals surface area contributed by atoms with Gasteiger partial charge in [-0.05, 0) is 40.0 Å². The lowest BCUT2D eigenvalue weighted by atomic mass is 9.89. The first-order valence-electron chi connectivity index (χ1n) is 10.0. The molecule has 0 aromatic heterocycles. The number of carbonyl (C=O) groups excluding carboxylic acids is 1. The second-order valence-electron chi connectivity index (χ2n) is 8.50. The summed E-state index contributed by atoms with van der Waals surface area (Å²) >= 11 is 0. The fraction of sp³-hybridized carbons (Fsp3) is 0.609. The first kappa shape index (κ1) is 25.2. The third kappa shape index (κ3) is 5.05. The molecule has 1 heterocycles. The number of methoxy groups -OCH3 is 1. The first-order chi connectivity index (χ1) is 14.3. The van der Waals surface area contributed by atoms with Crippen LogP contribution in [0.15, 0.2) is 30.3 Å². The van der Waals surface area contributed by atoms with E-state index in [9.17, 15) is 23.1 Å². The molecule has 5 nitrogen and oxygen atoms in total. The molecular weight excluding hydrogens is 413 g/mol. The Kier molecular flexibility index (Phi) is 7.47. The molecular formula is C23H29F3O5. The summed E-state index contributed by atoms with van der Waals surface area (Å²) in [6.45, 7) is 4.82. The van der Waals surface area contributed by atoms with Crippen LogP contribution in [0.2, 0.25) is 0 Å². The van der Waals surface area contributed by atoms with Gasteiger partial charge in [0, 0.05) is 19.1 Å². The number of esters is 1. The number of carbonyl (C=O) groups is 1. The maximum Gasteiger partial charge on any atom is 0.432 e. The van der Waals surface area contributed by atoms with E-state index in [4.69, 9.17) is 20.6 Å². The van der Waals surface area contributed by atoms with Crippen molar-refractivity contribution in [3.63, 3.8) is 0 Å². The van der Waals surface area contributed by atoms with E-state index >= 15 is 0 Å². The molecule has 0 amide bonds. The standard InChI is InChI=1S/C23H29F3O5/c1-6-7-13-18(21(4)15-14-17(31-21)20(2,3)28)30-19(27)22(29-5,23(24,25)26)16-11-9-8-10-12-16/h1,8-12,17-18,28H,7,13-15H2,2-5H3/t17-,18-,21+,22-/m1/s1. The molecule has 0 radical (unpaired) electrons. The van der Waals surface area contributed by atoms with Gasteiger partial charge in [-0.25, -0.2) is 4.79 Å². The van der Waals surface area contributed by atoms with Crippen molar-refractivity contribution in [1.29, 1.82) is 0 Å². The van der Waals surface area contributed by atoms with Crippen LogP contribution in [0.4, 0.5) is 13.2 Å². The Bertz CT molecular complexity index is 796. The quantitative estimate of drug-likeness (QED) is 0.485. The van der Waals surface area contributed by atoms with Crippen molar-refractivity contribution in [3.05, 3.63) is 35.9 Å². The van der Waals surface area contributed by atoms with Gasteiger partial charge in [0.1, 0.15) is 11.7 Å². The first-order valence-corrected chi connectivity index (χ1v) is 10.0. The van der Waals surface area contributed by atoms with Gasteiger partial charge in [-0.3, -0.25) is 0 Å². The van der Waals surface area contributed by atoms with Crippen molar-refractivity contribution in [2.45, 2.75) is 81.6 Å². The summed E-state index contributed by atoms with van der Waals surface area (Å²) in [5, 5.41) is 10.3. The van der Waals surface area contributed by atoms with E-state index in [1.807, 2.05) is 0 Å². The van der Waals surface area contributed by atoms with Gasteiger partial charge in [-0.15, -0.1) is 12.3 Å². The van der Waals surface area contributed by atoms with Crippen LogP contribution in [0.1, 0.15) is 52.0 Å². The summed E-state index contributed by atoms with van der Waals surface area (Å²) in [4.78, 5) is 13.1. The zero-order chi connectivity index (χ0) is 23.5. The maximum atomic E-state index is 14.2. The van der Waals surface area contributed by atoms with Gasteiger partial charge in [0.2, 0.25) is 0 Å². The van der Waals surface area contributed by atoms with E-state index in [1.165, 1.54) is 18.2 Å². The van der Waals surface area contributed by atoms with Crippen molar-refractivity contribution in [2.75, 3.05) is 7.11 Å². The van der Waals surface area contributed by atoms with Crippen LogP contribution in [0, 0.1) is 12.3 Å². The predicted molar refractivity (Wildman–Crippen MR) is 108 cm³/mol. The molecule has 0 bridgehead atoms. The van der Waals surface area contributed by atoms with Gasteiger partial charge in [0.05, 0.1) is 11.7 Å². The molecule has 1 saturated heterocycles. The van der Waals surface area contributed by atoms with E-state index in [1.54, 1.807) is 20.8 Å². The summed E-state index contributed by atoms with van der Waals surface area (Å²) in [5.41, 5.74) is -5.96. The molecule has 31 heavy (non-hydrogen) atoms. The molecule has 8 heteroatoms. The molecule has 1 N–H and O–H groups in total. The second-order valence-corrected chi connectivity index (χ2v) is 8.50. The Labute approximate surface area is 180 Å². The monoisotopic (exact) mass is 442 g/mol. The second kappa shape index (κ2) is 9.19. The number of hydrogen-bond donors (Lipinski definition) is 1. The van der Waals surface area contributed by atoms with Gasteiger partial charge in [0.25, 0.3) is 5.60 Å². The van der Waals surface area contributed by atoms with E-state index in [0.717, 1.165) is 19.2 Å². The predicted octanol–water partition coefficient (Wildman–Crippen LogP) is 4.12. The fourth-order valence-electron chi connectivity index (χ4n) is 3.90. The van der Waals surface area contributed by atoms with Crippen LogP contribution in [0.25, 0.3) is 0 Å². The molecule has 0 aliphatic carbocycles. The molecule has 172 valence electrons. The molecule has 1 fully saturated rings. The highest BCUT2D eigenvalue weighted by atomic mass is 19.4. The number of alkyl halides is 3. The number of rotatable bonds is 8. The third-order valence-corrected chi connectivity index (χ3v) is 5.76. The zero-order valence-electron chi connectivity index (χ0n) is 18.2. The zero-order valence-corrected chi connectivity index (χ0v) is 18.2. The summed E-state index contributed by atoms with van der Waals surface area (Å²) in [6.07, 6.45) is -0.263. The molecule has 0 spiro atoms. The number of terminal acetylenes is 1. The van der Waals surface area contributed by atoms with Gasteiger partial charge in [-0.2, -0.15) is 13.2 Å². The van der Waals surface area contributed by atoms with Crippen LogP contribution in [-0.2, 0) is 24.6 Å². The van der Waals surface area contributed by atoms with Gasteiger partial charge in [-0.1, -0.05) is 30.3 Å². The summed E-state index contributed by atoms with van der Waals surface area (Å²) in [6, 6.07) is 6.62. The van der Waals surface area contributed by atoms with Crippen molar-refractivity contribution < 1.29 is 37.3 Å². The molecule has 0 saturated carbocycles. The maximum absolute atomic E-state index is 14.2.